The molecule has 0 aliphatic carbocycles. The summed E-state index contributed by atoms with van der Waals surface area (Å²) in [6, 6.07) is 23.1. The van der Waals surface area contributed by atoms with Crippen molar-refractivity contribution in [3.63, 3.8) is 0 Å². The molecule has 4 aromatic rings. The molecule has 0 saturated heterocycles. The van der Waals surface area contributed by atoms with Crippen molar-refractivity contribution in [1.82, 2.24) is 9.55 Å². The number of carbonyl (C=O) groups is 1. The molecule has 0 unspecified atom stereocenters. The average molecular weight is 409 g/mol. The first-order chi connectivity index (χ1) is 15.1. The Bertz CT molecular complexity index is 1370. The van der Waals surface area contributed by atoms with E-state index in [4.69, 9.17) is 4.98 Å². The summed E-state index contributed by atoms with van der Waals surface area (Å²) in [4.78, 5) is 33.4. The second-order valence-electron chi connectivity index (χ2n) is 7.92. The minimum absolute atomic E-state index is 0.0573. The molecule has 0 spiro atoms. The quantitative estimate of drug-likeness (QED) is 0.502. The Hall–Kier alpha value is -3.73. The SMILES string of the molecule is CCN1C(=O)[C@H](Cc2nc3ccccc3c(=O)n2-c2cccc(C)c2)c2ccccc21. The normalized spacial score (nSPS) is 15.5. The number of amides is 1. The first kappa shape index (κ1) is 19.2. The minimum atomic E-state index is -0.361. The van der Waals surface area contributed by atoms with Crippen molar-refractivity contribution in [2.24, 2.45) is 0 Å². The number of carbonyl (C=O) groups excluding carboxylic acids is 1. The summed E-state index contributed by atoms with van der Waals surface area (Å²) in [5.41, 5.74) is 4.31. The van der Waals surface area contributed by atoms with Gasteiger partial charge < -0.3 is 4.90 Å². The van der Waals surface area contributed by atoms with Gasteiger partial charge in [-0.15, -0.1) is 0 Å². The monoisotopic (exact) mass is 409 g/mol. The van der Waals surface area contributed by atoms with Gasteiger partial charge in [0.25, 0.3) is 5.56 Å². The van der Waals surface area contributed by atoms with Crippen LogP contribution in [0.4, 0.5) is 5.69 Å². The highest BCUT2D eigenvalue weighted by molar-refractivity contribution is 6.05. The molecule has 31 heavy (non-hydrogen) atoms. The molecule has 2 heterocycles. The van der Waals surface area contributed by atoms with Gasteiger partial charge in [-0.3, -0.25) is 14.2 Å². The first-order valence-electron chi connectivity index (χ1n) is 10.6. The van der Waals surface area contributed by atoms with E-state index >= 15 is 0 Å². The van der Waals surface area contributed by atoms with Crippen molar-refractivity contribution in [3.05, 3.63) is 100 Å². The van der Waals surface area contributed by atoms with Crippen LogP contribution in [-0.4, -0.2) is 22.0 Å². The number of benzene rings is 3. The van der Waals surface area contributed by atoms with Crippen LogP contribution in [0.3, 0.4) is 0 Å². The zero-order chi connectivity index (χ0) is 21.5. The Morgan fingerprint density at radius 2 is 1.71 bits per heavy atom. The molecular formula is C26H23N3O2. The van der Waals surface area contributed by atoms with E-state index < -0.39 is 0 Å². The Balaban J connectivity index is 1.71. The zero-order valence-electron chi connectivity index (χ0n) is 17.6. The van der Waals surface area contributed by atoms with Crippen LogP contribution in [0, 0.1) is 6.92 Å². The van der Waals surface area contributed by atoms with Gasteiger partial charge in [0.05, 0.1) is 22.5 Å². The number of aryl methyl sites for hydroxylation is 1. The second kappa shape index (κ2) is 7.51. The number of para-hydroxylation sites is 2. The van der Waals surface area contributed by atoms with E-state index in [-0.39, 0.29) is 17.4 Å². The molecule has 0 N–H and O–H groups in total. The molecule has 154 valence electrons. The lowest BCUT2D eigenvalue weighted by molar-refractivity contribution is -0.119. The molecule has 3 aromatic carbocycles. The lowest BCUT2D eigenvalue weighted by Crippen LogP contribution is -2.31. The molecule has 5 nitrogen and oxygen atoms in total. The summed E-state index contributed by atoms with van der Waals surface area (Å²) in [7, 11) is 0. The average Bonchev–Trinajstić information content (AvgIpc) is 3.05. The van der Waals surface area contributed by atoms with Crippen LogP contribution in [0.15, 0.2) is 77.6 Å². The van der Waals surface area contributed by atoms with Crippen LogP contribution in [0.5, 0.6) is 0 Å². The summed E-state index contributed by atoms with van der Waals surface area (Å²) >= 11 is 0. The second-order valence-corrected chi connectivity index (χ2v) is 7.92. The number of likely N-dealkylation sites (N-methyl/N-ethyl adjacent to an activating group) is 1. The third-order valence-corrected chi connectivity index (χ3v) is 5.98. The van der Waals surface area contributed by atoms with Crippen molar-refractivity contribution in [2.75, 3.05) is 11.4 Å². The van der Waals surface area contributed by atoms with E-state index in [0.29, 0.717) is 29.7 Å². The van der Waals surface area contributed by atoms with Gasteiger partial charge in [-0.25, -0.2) is 4.98 Å². The molecule has 0 saturated carbocycles. The number of aromatic nitrogens is 2. The fourth-order valence-electron chi connectivity index (χ4n) is 4.52. The topological polar surface area (TPSA) is 55.2 Å². The predicted octanol–water partition coefficient (Wildman–Crippen LogP) is 4.39. The van der Waals surface area contributed by atoms with Crippen molar-refractivity contribution in [3.8, 4) is 5.69 Å². The zero-order valence-corrected chi connectivity index (χ0v) is 17.6. The van der Waals surface area contributed by atoms with Crippen LogP contribution >= 0.6 is 0 Å². The van der Waals surface area contributed by atoms with Crippen LogP contribution in [0.2, 0.25) is 0 Å². The largest absolute Gasteiger partial charge is 0.312 e. The van der Waals surface area contributed by atoms with Gasteiger partial charge in [-0.05, 0) is 55.3 Å². The summed E-state index contributed by atoms with van der Waals surface area (Å²) in [6.45, 7) is 4.59. The Labute approximate surface area is 180 Å². The fourth-order valence-corrected chi connectivity index (χ4v) is 4.52. The molecule has 1 amide bonds. The van der Waals surface area contributed by atoms with E-state index in [0.717, 1.165) is 22.5 Å². The van der Waals surface area contributed by atoms with Gasteiger partial charge in [-0.1, -0.05) is 42.5 Å². The summed E-state index contributed by atoms with van der Waals surface area (Å²) < 4.78 is 1.67. The molecule has 5 heteroatoms. The van der Waals surface area contributed by atoms with E-state index in [2.05, 4.69) is 0 Å². The van der Waals surface area contributed by atoms with E-state index in [9.17, 15) is 9.59 Å². The third kappa shape index (κ3) is 3.13. The standard InChI is InChI=1S/C26H23N3O2/c1-3-28-23-14-7-5-11-19(23)21(25(28)30)16-24-27-22-13-6-4-12-20(22)26(31)29(24)18-10-8-9-17(2)15-18/h4-15,21H,3,16H2,1-2H3/t21-/m1/s1. The maximum absolute atomic E-state index is 13.5. The van der Waals surface area contributed by atoms with Crippen molar-refractivity contribution in [1.29, 1.82) is 0 Å². The highest BCUT2D eigenvalue weighted by atomic mass is 16.2. The van der Waals surface area contributed by atoms with Crippen molar-refractivity contribution < 1.29 is 4.79 Å². The molecule has 0 radical (unpaired) electrons. The molecular weight excluding hydrogens is 386 g/mol. The number of anilines is 1. The van der Waals surface area contributed by atoms with Gasteiger partial charge in [-0.2, -0.15) is 0 Å². The highest BCUT2D eigenvalue weighted by Gasteiger charge is 2.37. The molecule has 0 fully saturated rings. The number of rotatable bonds is 4. The first-order valence-corrected chi connectivity index (χ1v) is 10.6. The van der Waals surface area contributed by atoms with Gasteiger partial charge >= 0.3 is 0 Å². The Morgan fingerprint density at radius 1 is 0.935 bits per heavy atom. The Kier molecular flexibility index (Phi) is 4.66. The van der Waals surface area contributed by atoms with E-state index in [1.807, 2.05) is 85.5 Å². The Morgan fingerprint density at radius 3 is 2.52 bits per heavy atom. The third-order valence-electron chi connectivity index (χ3n) is 5.98. The molecule has 1 aliphatic heterocycles. The van der Waals surface area contributed by atoms with Gasteiger partial charge in [0.15, 0.2) is 0 Å². The van der Waals surface area contributed by atoms with Crippen molar-refractivity contribution >= 4 is 22.5 Å². The smallest absolute Gasteiger partial charge is 0.265 e. The fraction of sp³-hybridized carbons (Fsp3) is 0.192. The molecule has 0 bridgehead atoms. The summed E-state index contributed by atoms with van der Waals surface area (Å²) in [6.07, 6.45) is 0.361. The number of hydrogen-bond acceptors (Lipinski definition) is 3. The van der Waals surface area contributed by atoms with E-state index in [1.54, 1.807) is 10.6 Å². The molecule has 1 aliphatic rings. The van der Waals surface area contributed by atoms with Crippen LogP contribution in [0.25, 0.3) is 16.6 Å². The van der Waals surface area contributed by atoms with Gasteiger partial charge in [0.2, 0.25) is 5.91 Å². The molecule has 1 atom stereocenters. The van der Waals surface area contributed by atoms with Crippen LogP contribution in [-0.2, 0) is 11.2 Å². The highest BCUT2D eigenvalue weighted by Crippen LogP contribution is 2.38. The molecule has 1 aromatic heterocycles. The van der Waals surface area contributed by atoms with Gasteiger partial charge in [0.1, 0.15) is 5.82 Å². The number of fused-ring (bicyclic) bond motifs is 2. The maximum Gasteiger partial charge on any atom is 0.265 e. The summed E-state index contributed by atoms with van der Waals surface area (Å²) in [5.74, 6) is 0.294. The maximum atomic E-state index is 13.5. The van der Waals surface area contributed by atoms with Crippen molar-refractivity contribution in [2.45, 2.75) is 26.2 Å². The minimum Gasteiger partial charge on any atom is -0.312 e. The van der Waals surface area contributed by atoms with Crippen LogP contribution < -0.4 is 10.5 Å². The lowest BCUT2D eigenvalue weighted by Gasteiger charge is -2.18. The van der Waals surface area contributed by atoms with Crippen LogP contribution in [0.1, 0.15) is 29.8 Å². The van der Waals surface area contributed by atoms with E-state index in [1.165, 1.54) is 0 Å². The van der Waals surface area contributed by atoms with Gasteiger partial charge in [0, 0.05) is 18.7 Å². The lowest BCUT2D eigenvalue weighted by atomic mass is 9.96. The summed E-state index contributed by atoms with van der Waals surface area (Å²) in [5, 5.41) is 0.570. The molecule has 5 rings (SSSR count). The number of nitrogens with zero attached hydrogens (tertiary/aromatic N) is 3. The predicted molar refractivity (Wildman–Crippen MR) is 123 cm³/mol. The number of hydrogen-bond donors (Lipinski definition) is 0.